The SMILES string of the molecule is Clc1ccc(-c2noc(COc3ccc(Cl)cc3Br)n2)cc1. The van der Waals surface area contributed by atoms with E-state index >= 15 is 0 Å². The van der Waals surface area contributed by atoms with Crippen molar-refractivity contribution in [2.24, 2.45) is 0 Å². The third-order valence-electron chi connectivity index (χ3n) is 2.82. The summed E-state index contributed by atoms with van der Waals surface area (Å²) in [6.45, 7) is 0.167. The Balaban J connectivity index is 1.70. The molecular weight excluding hydrogens is 391 g/mol. The largest absolute Gasteiger partial charge is 0.483 e. The first-order chi connectivity index (χ1) is 10.6. The highest BCUT2D eigenvalue weighted by Crippen LogP contribution is 2.28. The fraction of sp³-hybridized carbons (Fsp3) is 0.0667. The highest BCUT2D eigenvalue weighted by atomic mass is 79.9. The molecule has 1 aromatic heterocycles. The maximum absolute atomic E-state index is 5.88. The Morgan fingerprint density at radius 2 is 1.77 bits per heavy atom. The number of aromatic nitrogens is 2. The molecule has 0 saturated carbocycles. The first-order valence-electron chi connectivity index (χ1n) is 6.28. The van der Waals surface area contributed by atoms with E-state index < -0.39 is 0 Å². The molecule has 0 saturated heterocycles. The monoisotopic (exact) mass is 398 g/mol. The number of hydrogen-bond acceptors (Lipinski definition) is 4. The molecule has 0 fully saturated rings. The quantitative estimate of drug-likeness (QED) is 0.590. The zero-order chi connectivity index (χ0) is 15.5. The smallest absolute Gasteiger partial charge is 0.264 e. The second-order valence-electron chi connectivity index (χ2n) is 4.38. The Morgan fingerprint density at radius 1 is 1.05 bits per heavy atom. The van der Waals surface area contributed by atoms with Gasteiger partial charge in [0.25, 0.3) is 5.89 Å². The molecule has 0 unspecified atom stereocenters. The zero-order valence-electron chi connectivity index (χ0n) is 11.1. The van der Waals surface area contributed by atoms with Crippen LogP contribution in [0.25, 0.3) is 11.4 Å². The maximum Gasteiger partial charge on any atom is 0.264 e. The lowest BCUT2D eigenvalue weighted by atomic mass is 10.2. The molecule has 3 rings (SSSR count). The van der Waals surface area contributed by atoms with E-state index in [-0.39, 0.29) is 6.61 Å². The Morgan fingerprint density at radius 3 is 2.50 bits per heavy atom. The van der Waals surface area contributed by atoms with Crippen molar-refractivity contribution in [1.82, 2.24) is 10.1 Å². The fourth-order valence-corrected chi connectivity index (χ4v) is 2.68. The normalized spacial score (nSPS) is 10.7. The van der Waals surface area contributed by atoms with Gasteiger partial charge in [0.1, 0.15) is 5.75 Å². The molecule has 4 nitrogen and oxygen atoms in total. The molecule has 0 atom stereocenters. The van der Waals surface area contributed by atoms with Gasteiger partial charge >= 0.3 is 0 Å². The standard InChI is InChI=1S/C15H9BrCl2N2O2/c16-12-7-11(18)5-6-13(12)21-8-14-19-15(20-22-14)9-1-3-10(17)4-2-9/h1-7H,8H2. The van der Waals surface area contributed by atoms with E-state index in [0.29, 0.717) is 27.5 Å². The third-order valence-corrected chi connectivity index (χ3v) is 3.92. The van der Waals surface area contributed by atoms with Crippen LogP contribution in [0.3, 0.4) is 0 Å². The van der Waals surface area contributed by atoms with Crippen LogP contribution in [0.4, 0.5) is 0 Å². The second kappa shape index (κ2) is 6.69. The fourth-order valence-electron chi connectivity index (χ4n) is 1.76. The Hall–Kier alpha value is -1.56. The predicted octanol–water partition coefficient (Wildman–Crippen LogP) is 5.38. The Labute approximate surface area is 145 Å². The van der Waals surface area contributed by atoms with Crippen LogP contribution in [-0.2, 0) is 6.61 Å². The molecule has 0 aliphatic carbocycles. The van der Waals surface area contributed by atoms with Crippen LogP contribution in [0.5, 0.6) is 5.75 Å². The molecule has 0 aliphatic heterocycles. The van der Waals surface area contributed by atoms with Gasteiger partial charge < -0.3 is 9.26 Å². The van der Waals surface area contributed by atoms with Crippen LogP contribution in [0.1, 0.15) is 5.89 Å². The minimum Gasteiger partial charge on any atom is -0.483 e. The Bertz CT molecular complexity index is 790. The molecular formula is C15H9BrCl2N2O2. The molecule has 3 aromatic rings. The van der Waals surface area contributed by atoms with Crippen molar-refractivity contribution in [2.45, 2.75) is 6.61 Å². The van der Waals surface area contributed by atoms with Gasteiger partial charge in [0.2, 0.25) is 5.82 Å². The minimum absolute atomic E-state index is 0.167. The number of rotatable bonds is 4. The molecule has 22 heavy (non-hydrogen) atoms. The molecule has 7 heteroatoms. The van der Waals surface area contributed by atoms with Gasteiger partial charge in [-0.15, -0.1) is 0 Å². The summed E-state index contributed by atoms with van der Waals surface area (Å²) >= 11 is 15.1. The molecule has 0 spiro atoms. The van der Waals surface area contributed by atoms with E-state index in [2.05, 4.69) is 26.1 Å². The average Bonchev–Trinajstić information content (AvgIpc) is 2.96. The lowest BCUT2D eigenvalue weighted by Gasteiger charge is -2.05. The summed E-state index contributed by atoms with van der Waals surface area (Å²) in [5.74, 6) is 1.52. The van der Waals surface area contributed by atoms with Crippen LogP contribution in [0.15, 0.2) is 51.5 Å². The van der Waals surface area contributed by atoms with Gasteiger partial charge in [0.05, 0.1) is 4.47 Å². The molecule has 1 heterocycles. The van der Waals surface area contributed by atoms with E-state index in [1.54, 1.807) is 30.3 Å². The summed E-state index contributed by atoms with van der Waals surface area (Å²) < 4.78 is 11.6. The van der Waals surface area contributed by atoms with Crippen molar-refractivity contribution in [1.29, 1.82) is 0 Å². The van der Waals surface area contributed by atoms with Gasteiger partial charge in [0.15, 0.2) is 6.61 Å². The number of hydrogen-bond donors (Lipinski definition) is 0. The van der Waals surface area contributed by atoms with E-state index in [4.69, 9.17) is 32.5 Å². The van der Waals surface area contributed by atoms with Crippen LogP contribution in [0.2, 0.25) is 10.0 Å². The van der Waals surface area contributed by atoms with Crippen molar-refractivity contribution in [3.8, 4) is 17.1 Å². The van der Waals surface area contributed by atoms with Crippen LogP contribution >= 0.6 is 39.1 Å². The molecule has 0 aliphatic rings. The number of benzene rings is 2. The molecule has 112 valence electrons. The van der Waals surface area contributed by atoms with Gasteiger partial charge in [0, 0.05) is 15.6 Å². The summed E-state index contributed by atoms with van der Waals surface area (Å²) in [6, 6.07) is 12.5. The highest BCUT2D eigenvalue weighted by molar-refractivity contribution is 9.10. The van der Waals surface area contributed by atoms with Crippen molar-refractivity contribution >= 4 is 39.1 Å². The molecule has 2 aromatic carbocycles. The van der Waals surface area contributed by atoms with Crippen molar-refractivity contribution < 1.29 is 9.26 Å². The lowest BCUT2D eigenvalue weighted by molar-refractivity contribution is 0.242. The second-order valence-corrected chi connectivity index (χ2v) is 6.11. The van der Waals surface area contributed by atoms with Gasteiger partial charge in [-0.25, -0.2) is 0 Å². The van der Waals surface area contributed by atoms with Crippen molar-refractivity contribution in [3.63, 3.8) is 0 Å². The average molecular weight is 400 g/mol. The van der Waals surface area contributed by atoms with Crippen LogP contribution in [0, 0.1) is 0 Å². The topological polar surface area (TPSA) is 48.2 Å². The first kappa shape index (κ1) is 15.3. The maximum atomic E-state index is 5.88. The van der Waals surface area contributed by atoms with Crippen molar-refractivity contribution in [2.75, 3.05) is 0 Å². The summed E-state index contributed by atoms with van der Waals surface area (Å²) in [5.41, 5.74) is 0.826. The highest BCUT2D eigenvalue weighted by Gasteiger charge is 2.10. The van der Waals surface area contributed by atoms with E-state index in [1.807, 2.05) is 12.1 Å². The lowest BCUT2D eigenvalue weighted by Crippen LogP contribution is -1.96. The van der Waals surface area contributed by atoms with Gasteiger partial charge in [-0.3, -0.25) is 0 Å². The Kier molecular flexibility index (Phi) is 4.66. The predicted molar refractivity (Wildman–Crippen MR) is 88.2 cm³/mol. The van der Waals surface area contributed by atoms with E-state index in [1.165, 1.54) is 0 Å². The summed E-state index contributed by atoms with van der Waals surface area (Å²) in [6.07, 6.45) is 0. The van der Waals surface area contributed by atoms with Crippen LogP contribution in [-0.4, -0.2) is 10.1 Å². The van der Waals surface area contributed by atoms with Gasteiger partial charge in [-0.1, -0.05) is 28.4 Å². The van der Waals surface area contributed by atoms with E-state index in [0.717, 1.165) is 10.0 Å². The van der Waals surface area contributed by atoms with Crippen molar-refractivity contribution in [3.05, 3.63) is 62.9 Å². The number of nitrogens with zero attached hydrogens (tertiary/aromatic N) is 2. The van der Waals surface area contributed by atoms with Gasteiger partial charge in [-0.05, 0) is 58.4 Å². The number of ether oxygens (including phenoxy) is 1. The van der Waals surface area contributed by atoms with Gasteiger partial charge in [-0.2, -0.15) is 4.98 Å². The minimum atomic E-state index is 0.167. The van der Waals surface area contributed by atoms with Crippen LogP contribution < -0.4 is 4.74 Å². The zero-order valence-corrected chi connectivity index (χ0v) is 14.2. The first-order valence-corrected chi connectivity index (χ1v) is 7.83. The summed E-state index contributed by atoms with van der Waals surface area (Å²) in [4.78, 5) is 4.29. The molecule has 0 bridgehead atoms. The number of halogens is 3. The summed E-state index contributed by atoms with van der Waals surface area (Å²) in [5, 5.41) is 5.21. The third kappa shape index (κ3) is 3.61. The molecule has 0 radical (unpaired) electrons. The molecule has 0 amide bonds. The summed E-state index contributed by atoms with van der Waals surface area (Å²) in [7, 11) is 0. The van der Waals surface area contributed by atoms with E-state index in [9.17, 15) is 0 Å². The molecule has 0 N–H and O–H groups in total.